The molecule has 2 atom stereocenters. The highest BCUT2D eigenvalue weighted by atomic mass is 16.6. The van der Waals surface area contributed by atoms with Crippen molar-refractivity contribution in [1.82, 2.24) is 0 Å². The number of ether oxygens (including phenoxy) is 1. The summed E-state index contributed by atoms with van der Waals surface area (Å²) in [6.45, 7) is 3.89. The van der Waals surface area contributed by atoms with E-state index in [0.717, 1.165) is 12.2 Å². The highest BCUT2D eigenvalue weighted by molar-refractivity contribution is 5.53. The second-order valence-corrected chi connectivity index (χ2v) is 4.49. The van der Waals surface area contributed by atoms with Crippen molar-refractivity contribution in [2.75, 3.05) is 24.6 Å². The van der Waals surface area contributed by atoms with Gasteiger partial charge in [0.25, 0.3) is 5.69 Å². The van der Waals surface area contributed by atoms with Gasteiger partial charge in [-0.1, -0.05) is 6.07 Å². The maximum atomic E-state index is 10.8. The highest BCUT2D eigenvalue weighted by Crippen LogP contribution is 2.23. The first-order chi connectivity index (χ1) is 8.58. The van der Waals surface area contributed by atoms with Gasteiger partial charge in [0.1, 0.15) is 0 Å². The Labute approximate surface area is 105 Å². The van der Waals surface area contributed by atoms with Crippen LogP contribution in [0.4, 0.5) is 11.4 Å². The predicted molar refractivity (Wildman–Crippen MR) is 68.7 cm³/mol. The van der Waals surface area contributed by atoms with E-state index in [1.54, 1.807) is 12.1 Å². The molecule has 1 saturated heterocycles. The van der Waals surface area contributed by atoms with Crippen molar-refractivity contribution in [2.24, 2.45) is 5.73 Å². The quantitative estimate of drug-likeness (QED) is 0.643. The highest BCUT2D eigenvalue weighted by Gasteiger charge is 2.24. The van der Waals surface area contributed by atoms with Crippen molar-refractivity contribution in [3.05, 3.63) is 34.4 Å². The van der Waals surface area contributed by atoms with Crippen molar-refractivity contribution in [3.63, 3.8) is 0 Å². The van der Waals surface area contributed by atoms with Crippen LogP contribution < -0.4 is 10.6 Å². The molecule has 1 aromatic rings. The van der Waals surface area contributed by atoms with E-state index >= 15 is 0 Å². The maximum absolute atomic E-state index is 10.8. The Bertz CT molecular complexity index is 436. The molecule has 2 rings (SSSR count). The molecule has 1 heterocycles. The Balaban J connectivity index is 2.15. The van der Waals surface area contributed by atoms with Crippen LogP contribution in [0, 0.1) is 10.1 Å². The zero-order valence-electron chi connectivity index (χ0n) is 10.3. The number of benzene rings is 1. The summed E-state index contributed by atoms with van der Waals surface area (Å²) >= 11 is 0. The van der Waals surface area contributed by atoms with Crippen LogP contribution in [0.2, 0.25) is 0 Å². The van der Waals surface area contributed by atoms with Crippen molar-refractivity contribution in [2.45, 2.75) is 19.1 Å². The van der Waals surface area contributed by atoms with E-state index in [-0.39, 0.29) is 22.8 Å². The normalized spacial score (nSPS) is 21.7. The lowest BCUT2D eigenvalue weighted by atomic mass is 10.1. The number of morpholine rings is 1. The third-order valence-corrected chi connectivity index (χ3v) is 3.09. The average Bonchev–Trinajstić information content (AvgIpc) is 2.39. The lowest BCUT2D eigenvalue weighted by molar-refractivity contribution is -0.384. The summed E-state index contributed by atoms with van der Waals surface area (Å²) in [5, 5.41) is 10.8. The molecule has 6 heteroatoms. The molecule has 0 radical (unpaired) electrons. The molecule has 0 spiro atoms. The minimum Gasteiger partial charge on any atom is -0.373 e. The third-order valence-electron chi connectivity index (χ3n) is 3.09. The number of nitrogens with zero attached hydrogens (tertiary/aromatic N) is 2. The number of nitrogens with two attached hydrogens (primary N) is 1. The summed E-state index contributed by atoms with van der Waals surface area (Å²) in [6, 6.07) is 6.60. The van der Waals surface area contributed by atoms with E-state index in [0.29, 0.717) is 13.2 Å². The summed E-state index contributed by atoms with van der Waals surface area (Å²) in [5.41, 5.74) is 6.78. The standard InChI is InChI=1S/C12H17N3O3/c1-9(13)12-8-14(5-6-18-12)10-3-2-4-11(7-10)15(16)17/h2-4,7,9,12H,5-6,8,13H2,1H3. The van der Waals surface area contributed by atoms with Gasteiger partial charge in [-0.05, 0) is 13.0 Å². The van der Waals surface area contributed by atoms with Gasteiger partial charge < -0.3 is 15.4 Å². The second kappa shape index (κ2) is 5.32. The molecule has 2 N–H and O–H groups in total. The fourth-order valence-corrected chi connectivity index (χ4v) is 2.03. The van der Waals surface area contributed by atoms with Crippen molar-refractivity contribution < 1.29 is 9.66 Å². The van der Waals surface area contributed by atoms with Gasteiger partial charge in [0, 0.05) is 37.0 Å². The molecule has 98 valence electrons. The molecule has 18 heavy (non-hydrogen) atoms. The van der Waals surface area contributed by atoms with E-state index in [1.807, 2.05) is 13.0 Å². The van der Waals surface area contributed by atoms with Crippen LogP contribution in [0.1, 0.15) is 6.92 Å². The Morgan fingerprint density at radius 3 is 3.06 bits per heavy atom. The van der Waals surface area contributed by atoms with Crippen molar-refractivity contribution in [3.8, 4) is 0 Å². The zero-order chi connectivity index (χ0) is 13.1. The summed E-state index contributed by atoms with van der Waals surface area (Å²) < 4.78 is 5.57. The monoisotopic (exact) mass is 251 g/mol. The molecule has 1 aromatic carbocycles. The van der Waals surface area contributed by atoms with Gasteiger partial charge in [-0.25, -0.2) is 0 Å². The molecular formula is C12H17N3O3. The molecule has 0 amide bonds. The fraction of sp³-hybridized carbons (Fsp3) is 0.500. The smallest absolute Gasteiger partial charge is 0.271 e. The van der Waals surface area contributed by atoms with Gasteiger partial charge >= 0.3 is 0 Å². The number of nitro benzene ring substituents is 1. The molecule has 0 bridgehead atoms. The molecule has 0 saturated carbocycles. The predicted octanol–water partition coefficient (Wildman–Crippen LogP) is 1.15. The molecular weight excluding hydrogens is 234 g/mol. The van der Waals surface area contributed by atoms with Crippen LogP contribution in [0.5, 0.6) is 0 Å². The Hall–Kier alpha value is -1.66. The molecule has 0 aromatic heterocycles. The minimum atomic E-state index is -0.382. The molecule has 0 aliphatic carbocycles. The van der Waals surface area contributed by atoms with E-state index in [9.17, 15) is 10.1 Å². The topological polar surface area (TPSA) is 81.6 Å². The number of rotatable bonds is 3. The van der Waals surface area contributed by atoms with Gasteiger partial charge in [0.15, 0.2) is 0 Å². The molecule has 2 unspecified atom stereocenters. The second-order valence-electron chi connectivity index (χ2n) is 4.49. The lowest BCUT2D eigenvalue weighted by Gasteiger charge is -2.36. The maximum Gasteiger partial charge on any atom is 0.271 e. The van der Waals surface area contributed by atoms with Gasteiger partial charge in [0.2, 0.25) is 0 Å². The van der Waals surface area contributed by atoms with Crippen molar-refractivity contribution >= 4 is 11.4 Å². The van der Waals surface area contributed by atoms with Crippen LogP contribution in [0.25, 0.3) is 0 Å². The number of anilines is 1. The lowest BCUT2D eigenvalue weighted by Crippen LogP contribution is -2.49. The summed E-state index contributed by atoms with van der Waals surface area (Å²) in [7, 11) is 0. The summed E-state index contributed by atoms with van der Waals surface area (Å²) in [4.78, 5) is 12.4. The van der Waals surface area contributed by atoms with Gasteiger partial charge in [-0.15, -0.1) is 0 Å². The average molecular weight is 251 g/mol. The Morgan fingerprint density at radius 1 is 1.61 bits per heavy atom. The first-order valence-electron chi connectivity index (χ1n) is 5.94. The first-order valence-corrected chi connectivity index (χ1v) is 5.94. The van der Waals surface area contributed by atoms with Crippen LogP contribution in [-0.2, 0) is 4.74 Å². The third kappa shape index (κ3) is 2.77. The number of hydrogen-bond donors (Lipinski definition) is 1. The molecule has 1 aliphatic heterocycles. The minimum absolute atomic E-state index is 0.0296. The van der Waals surface area contributed by atoms with Gasteiger partial charge in [-0.2, -0.15) is 0 Å². The van der Waals surface area contributed by atoms with Crippen molar-refractivity contribution in [1.29, 1.82) is 0 Å². The largest absolute Gasteiger partial charge is 0.373 e. The van der Waals surface area contributed by atoms with E-state index in [4.69, 9.17) is 10.5 Å². The van der Waals surface area contributed by atoms with Crippen LogP contribution in [0.3, 0.4) is 0 Å². The van der Waals surface area contributed by atoms with E-state index in [1.165, 1.54) is 6.07 Å². The number of nitro groups is 1. The number of hydrogen-bond acceptors (Lipinski definition) is 5. The Kier molecular flexibility index (Phi) is 3.78. The molecule has 1 aliphatic rings. The fourth-order valence-electron chi connectivity index (χ4n) is 2.03. The van der Waals surface area contributed by atoms with E-state index < -0.39 is 0 Å². The zero-order valence-corrected chi connectivity index (χ0v) is 10.3. The van der Waals surface area contributed by atoms with Gasteiger partial charge in [0.05, 0.1) is 17.6 Å². The first kappa shape index (κ1) is 12.8. The van der Waals surface area contributed by atoms with E-state index in [2.05, 4.69) is 4.90 Å². The Morgan fingerprint density at radius 2 is 2.39 bits per heavy atom. The summed E-state index contributed by atoms with van der Waals surface area (Å²) in [6.07, 6.45) is -0.0296. The number of non-ortho nitro benzene ring substituents is 1. The van der Waals surface area contributed by atoms with Crippen LogP contribution in [-0.4, -0.2) is 36.8 Å². The molecule has 1 fully saturated rings. The SMILES string of the molecule is CC(N)C1CN(c2cccc([N+](=O)[O-])c2)CCO1. The van der Waals surface area contributed by atoms with Crippen LogP contribution in [0.15, 0.2) is 24.3 Å². The summed E-state index contributed by atoms with van der Waals surface area (Å²) in [5.74, 6) is 0. The van der Waals surface area contributed by atoms with Gasteiger partial charge in [-0.3, -0.25) is 10.1 Å². The van der Waals surface area contributed by atoms with Crippen LogP contribution >= 0.6 is 0 Å². The molecule has 6 nitrogen and oxygen atoms in total.